The summed E-state index contributed by atoms with van der Waals surface area (Å²) in [4.78, 5) is 13.9. The topological polar surface area (TPSA) is 20.3 Å². The highest BCUT2D eigenvalue weighted by atomic mass is 16.2. The lowest BCUT2D eigenvalue weighted by atomic mass is 10.0. The summed E-state index contributed by atoms with van der Waals surface area (Å²) in [5, 5.41) is 0. The molecule has 0 aliphatic carbocycles. The van der Waals surface area contributed by atoms with Crippen LogP contribution in [0.15, 0.2) is 30.3 Å². The van der Waals surface area contributed by atoms with Gasteiger partial charge in [-0.1, -0.05) is 44.2 Å². The maximum absolute atomic E-state index is 12.0. The van der Waals surface area contributed by atoms with Crippen molar-refractivity contribution in [3.05, 3.63) is 35.9 Å². The zero-order chi connectivity index (χ0) is 12.1. The van der Waals surface area contributed by atoms with Crippen LogP contribution in [0.4, 0.5) is 0 Å². The van der Waals surface area contributed by atoms with Gasteiger partial charge in [0.25, 0.3) is 0 Å². The summed E-state index contributed by atoms with van der Waals surface area (Å²) in [6.45, 7) is 6.09. The van der Waals surface area contributed by atoms with Crippen molar-refractivity contribution in [2.45, 2.75) is 33.2 Å². The van der Waals surface area contributed by atoms with Crippen LogP contribution in [-0.2, 0) is 4.79 Å². The van der Waals surface area contributed by atoms with Crippen LogP contribution in [0.1, 0.15) is 38.8 Å². The van der Waals surface area contributed by atoms with E-state index in [0.717, 1.165) is 6.42 Å². The summed E-state index contributed by atoms with van der Waals surface area (Å²) in [5.41, 5.74) is 1.18. The van der Waals surface area contributed by atoms with Crippen molar-refractivity contribution in [1.29, 1.82) is 0 Å². The van der Waals surface area contributed by atoms with Crippen LogP contribution in [0.25, 0.3) is 0 Å². The van der Waals surface area contributed by atoms with Crippen molar-refractivity contribution in [3.8, 4) is 0 Å². The molecule has 88 valence electrons. The molecule has 1 aromatic rings. The minimum Gasteiger partial charge on any atom is -0.339 e. The molecule has 0 aromatic heterocycles. The minimum absolute atomic E-state index is 0.108. The molecule has 2 heteroatoms. The molecule has 0 bridgehead atoms. The molecular weight excluding hydrogens is 198 g/mol. The molecule has 2 atom stereocenters. The molecule has 0 fully saturated rings. The average molecular weight is 219 g/mol. The maximum atomic E-state index is 12.0. The predicted octanol–water partition coefficient (Wildman–Crippen LogP) is 3.25. The van der Waals surface area contributed by atoms with Crippen LogP contribution >= 0.6 is 0 Å². The van der Waals surface area contributed by atoms with Gasteiger partial charge < -0.3 is 4.90 Å². The molecule has 0 spiro atoms. The molecule has 0 N–H and O–H groups in total. The van der Waals surface area contributed by atoms with Crippen molar-refractivity contribution in [3.63, 3.8) is 0 Å². The molecule has 0 aliphatic heterocycles. The molecule has 0 saturated carbocycles. The summed E-state index contributed by atoms with van der Waals surface area (Å²) in [7, 11) is 1.88. The Morgan fingerprint density at radius 1 is 1.25 bits per heavy atom. The Hall–Kier alpha value is -1.31. The quantitative estimate of drug-likeness (QED) is 0.761. The fourth-order valence-electron chi connectivity index (χ4n) is 1.67. The number of carbonyl (C=O) groups is 1. The van der Waals surface area contributed by atoms with Gasteiger partial charge in [-0.3, -0.25) is 4.79 Å². The van der Waals surface area contributed by atoms with E-state index in [9.17, 15) is 4.79 Å². The van der Waals surface area contributed by atoms with E-state index >= 15 is 0 Å². The third kappa shape index (κ3) is 2.84. The van der Waals surface area contributed by atoms with Gasteiger partial charge in [0.05, 0.1) is 6.04 Å². The smallest absolute Gasteiger partial charge is 0.225 e. The van der Waals surface area contributed by atoms with Gasteiger partial charge in [0, 0.05) is 13.0 Å². The fraction of sp³-hybridized carbons (Fsp3) is 0.500. The van der Waals surface area contributed by atoms with Crippen LogP contribution in [0, 0.1) is 5.92 Å². The largest absolute Gasteiger partial charge is 0.339 e. The van der Waals surface area contributed by atoms with Gasteiger partial charge >= 0.3 is 0 Å². The number of benzene rings is 1. The van der Waals surface area contributed by atoms with Crippen molar-refractivity contribution >= 4 is 5.91 Å². The fourth-order valence-corrected chi connectivity index (χ4v) is 1.67. The summed E-state index contributed by atoms with van der Waals surface area (Å²) < 4.78 is 0. The Morgan fingerprint density at radius 3 is 2.31 bits per heavy atom. The zero-order valence-corrected chi connectivity index (χ0v) is 10.6. The highest BCUT2D eigenvalue weighted by Gasteiger charge is 2.20. The first-order chi connectivity index (χ1) is 7.57. The van der Waals surface area contributed by atoms with E-state index in [2.05, 4.69) is 19.1 Å². The van der Waals surface area contributed by atoms with Crippen molar-refractivity contribution in [1.82, 2.24) is 4.90 Å². The van der Waals surface area contributed by atoms with E-state index in [1.807, 2.05) is 44.0 Å². The van der Waals surface area contributed by atoms with Crippen molar-refractivity contribution in [2.75, 3.05) is 7.05 Å². The Bertz CT molecular complexity index is 334. The van der Waals surface area contributed by atoms with Gasteiger partial charge in [0.1, 0.15) is 0 Å². The van der Waals surface area contributed by atoms with E-state index in [4.69, 9.17) is 0 Å². The third-order valence-corrected chi connectivity index (χ3v) is 3.24. The van der Waals surface area contributed by atoms with Crippen LogP contribution in [0.3, 0.4) is 0 Å². The third-order valence-electron chi connectivity index (χ3n) is 3.24. The second-order valence-electron chi connectivity index (χ2n) is 4.35. The van der Waals surface area contributed by atoms with Gasteiger partial charge in [-0.25, -0.2) is 0 Å². The maximum Gasteiger partial charge on any atom is 0.225 e. The van der Waals surface area contributed by atoms with Gasteiger partial charge in [0.2, 0.25) is 5.91 Å². The lowest BCUT2D eigenvalue weighted by Gasteiger charge is -2.27. The molecule has 0 aliphatic rings. The molecule has 2 nitrogen and oxygen atoms in total. The number of carbonyl (C=O) groups excluding carboxylic acids is 1. The van der Waals surface area contributed by atoms with Crippen LogP contribution in [0.2, 0.25) is 0 Å². The Kier molecular flexibility index (Phi) is 4.53. The predicted molar refractivity (Wildman–Crippen MR) is 67.1 cm³/mol. The van der Waals surface area contributed by atoms with E-state index < -0.39 is 0 Å². The number of nitrogens with zero attached hydrogens (tertiary/aromatic N) is 1. The summed E-state index contributed by atoms with van der Waals surface area (Å²) in [6, 6.07) is 10.3. The molecule has 1 aromatic carbocycles. The number of rotatable bonds is 4. The molecule has 0 radical (unpaired) electrons. The SMILES string of the molecule is CCC(C)C(=O)N(C)[C@H](C)c1ccccc1. The van der Waals surface area contributed by atoms with E-state index in [0.29, 0.717) is 0 Å². The number of hydrogen-bond donors (Lipinski definition) is 0. The minimum atomic E-state index is 0.108. The molecule has 1 amide bonds. The normalized spacial score (nSPS) is 14.2. The summed E-state index contributed by atoms with van der Waals surface area (Å²) >= 11 is 0. The second kappa shape index (κ2) is 5.69. The van der Waals surface area contributed by atoms with Gasteiger partial charge in [-0.2, -0.15) is 0 Å². The number of hydrogen-bond acceptors (Lipinski definition) is 1. The van der Waals surface area contributed by atoms with E-state index in [-0.39, 0.29) is 17.9 Å². The van der Waals surface area contributed by atoms with Gasteiger partial charge in [-0.05, 0) is 18.9 Å². The van der Waals surface area contributed by atoms with Crippen LogP contribution in [-0.4, -0.2) is 17.9 Å². The highest BCUT2D eigenvalue weighted by molar-refractivity contribution is 5.78. The second-order valence-corrected chi connectivity index (χ2v) is 4.35. The van der Waals surface area contributed by atoms with Gasteiger partial charge in [0.15, 0.2) is 0 Å². The van der Waals surface area contributed by atoms with Crippen molar-refractivity contribution < 1.29 is 4.79 Å². The van der Waals surface area contributed by atoms with E-state index in [1.165, 1.54) is 5.56 Å². The Labute approximate surface area is 98.3 Å². The number of amides is 1. The first kappa shape index (κ1) is 12.8. The Balaban J connectivity index is 2.75. The lowest BCUT2D eigenvalue weighted by molar-refractivity contribution is -0.135. The molecule has 16 heavy (non-hydrogen) atoms. The molecule has 1 unspecified atom stereocenters. The zero-order valence-electron chi connectivity index (χ0n) is 10.6. The van der Waals surface area contributed by atoms with E-state index in [1.54, 1.807) is 0 Å². The molecule has 0 saturated heterocycles. The molecule has 0 heterocycles. The first-order valence-corrected chi connectivity index (χ1v) is 5.89. The van der Waals surface area contributed by atoms with Crippen LogP contribution < -0.4 is 0 Å². The van der Waals surface area contributed by atoms with Gasteiger partial charge in [-0.15, -0.1) is 0 Å². The van der Waals surface area contributed by atoms with Crippen molar-refractivity contribution in [2.24, 2.45) is 5.92 Å². The monoisotopic (exact) mass is 219 g/mol. The lowest BCUT2D eigenvalue weighted by Crippen LogP contribution is -2.33. The standard InChI is InChI=1S/C14H21NO/c1-5-11(2)14(16)15(4)12(3)13-9-7-6-8-10-13/h6-12H,5H2,1-4H3/t11?,12-/m1/s1. The highest BCUT2D eigenvalue weighted by Crippen LogP contribution is 2.20. The average Bonchev–Trinajstić information content (AvgIpc) is 2.36. The molecule has 1 rings (SSSR count). The first-order valence-electron chi connectivity index (χ1n) is 5.89. The summed E-state index contributed by atoms with van der Waals surface area (Å²) in [6.07, 6.45) is 0.894. The van der Waals surface area contributed by atoms with Crippen LogP contribution in [0.5, 0.6) is 0 Å². The molecular formula is C14H21NO. The Morgan fingerprint density at radius 2 is 1.81 bits per heavy atom. The summed E-state index contributed by atoms with van der Waals surface area (Å²) in [5.74, 6) is 0.329.